The molecule has 128 valence electrons. The minimum absolute atomic E-state index is 0.0349. The average molecular weight is 327 g/mol. The molecule has 0 bridgehead atoms. The lowest BCUT2D eigenvalue weighted by molar-refractivity contribution is -0.129. The Bertz CT molecular complexity index is 713. The van der Waals surface area contributed by atoms with Gasteiger partial charge in [0, 0.05) is 33.5 Å². The maximum atomic E-state index is 12.1. The predicted molar refractivity (Wildman–Crippen MR) is 96.4 cm³/mol. The normalized spacial score (nSPS) is 12.0. The molecule has 0 aliphatic rings. The first-order valence-electron chi connectivity index (χ1n) is 8.19. The van der Waals surface area contributed by atoms with Gasteiger partial charge in [-0.15, -0.1) is 0 Å². The van der Waals surface area contributed by atoms with Crippen molar-refractivity contribution in [3.63, 3.8) is 0 Å². The molecule has 2 amide bonds. The molecule has 0 saturated carbocycles. The van der Waals surface area contributed by atoms with E-state index in [2.05, 4.69) is 17.4 Å². The molecule has 0 spiro atoms. The summed E-state index contributed by atoms with van der Waals surface area (Å²) >= 11 is 0. The number of hydrogen-bond acceptors (Lipinski definition) is 3. The number of hydrogen-bond donors (Lipinski definition) is 2. The first kappa shape index (κ1) is 17.9. The summed E-state index contributed by atoms with van der Waals surface area (Å²) in [6, 6.07) is 14.0. The van der Waals surface area contributed by atoms with Crippen LogP contribution >= 0.6 is 0 Å². The number of amides is 2. The van der Waals surface area contributed by atoms with E-state index >= 15 is 0 Å². The molecule has 0 saturated heterocycles. The number of nitrogens with zero attached hydrogens (tertiary/aromatic N) is 1. The molecule has 2 rings (SSSR count). The molecular formula is C19H25N3O2. The lowest BCUT2D eigenvalue weighted by Crippen LogP contribution is -2.33. The Morgan fingerprint density at radius 2 is 1.79 bits per heavy atom. The number of benzene rings is 2. The summed E-state index contributed by atoms with van der Waals surface area (Å²) in [4.78, 5) is 25.2. The zero-order chi connectivity index (χ0) is 17.5. The van der Waals surface area contributed by atoms with Crippen LogP contribution < -0.4 is 11.1 Å². The number of nitrogens with one attached hydrogen (secondary N) is 1. The van der Waals surface area contributed by atoms with Crippen molar-refractivity contribution in [1.29, 1.82) is 0 Å². The van der Waals surface area contributed by atoms with Gasteiger partial charge in [-0.3, -0.25) is 9.59 Å². The fourth-order valence-corrected chi connectivity index (χ4v) is 2.59. The fourth-order valence-electron chi connectivity index (χ4n) is 2.59. The topological polar surface area (TPSA) is 75.4 Å². The molecule has 1 unspecified atom stereocenters. The molecule has 2 aromatic rings. The van der Waals surface area contributed by atoms with Crippen molar-refractivity contribution < 1.29 is 9.59 Å². The van der Waals surface area contributed by atoms with Gasteiger partial charge in [-0.1, -0.05) is 36.4 Å². The van der Waals surface area contributed by atoms with Crippen molar-refractivity contribution in [2.75, 3.05) is 20.6 Å². The van der Waals surface area contributed by atoms with Gasteiger partial charge in [0.1, 0.15) is 0 Å². The van der Waals surface area contributed by atoms with E-state index in [9.17, 15) is 9.59 Å². The number of rotatable bonds is 7. The summed E-state index contributed by atoms with van der Waals surface area (Å²) in [6.45, 7) is 0.334. The van der Waals surface area contributed by atoms with Gasteiger partial charge in [0.25, 0.3) is 0 Å². The predicted octanol–water partition coefficient (Wildman–Crippen LogP) is 2.21. The molecule has 3 N–H and O–H groups in total. The Morgan fingerprint density at radius 3 is 2.46 bits per heavy atom. The maximum absolute atomic E-state index is 12.1. The smallest absolute Gasteiger partial charge is 0.222 e. The van der Waals surface area contributed by atoms with E-state index in [0.717, 1.165) is 16.3 Å². The molecule has 0 aliphatic heterocycles. The third-order valence-corrected chi connectivity index (χ3v) is 4.04. The minimum Gasteiger partial charge on any atom is -0.349 e. The van der Waals surface area contributed by atoms with Crippen LogP contribution in [0.15, 0.2) is 42.5 Å². The molecule has 0 fully saturated rings. The van der Waals surface area contributed by atoms with Crippen LogP contribution in [-0.4, -0.2) is 37.4 Å². The van der Waals surface area contributed by atoms with E-state index in [1.165, 1.54) is 4.90 Å². The van der Waals surface area contributed by atoms with Gasteiger partial charge in [0.15, 0.2) is 0 Å². The Kier molecular flexibility index (Phi) is 6.32. The second kappa shape index (κ2) is 8.45. The Labute approximate surface area is 142 Å². The molecule has 0 radical (unpaired) electrons. The highest BCUT2D eigenvalue weighted by atomic mass is 16.2. The SMILES string of the molecule is CN(C)C(=O)CCCC(=O)NC(CN)c1ccc2ccccc2c1. The van der Waals surface area contributed by atoms with Crippen LogP contribution in [0.2, 0.25) is 0 Å². The molecule has 2 aromatic carbocycles. The lowest BCUT2D eigenvalue weighted by atomic mass is 10.0. The van der Waals surface area contributed by atoms with E-state index in [-0.39, 0.29) is 17.9 Å². The molecule has 1 atom stereocenters. The highest BCUT2D eigenvalue weighted by Crippen LogP contribution is 2.20. The van der Waals surface area contributed by atoms with Crippen molar-refractivity contribution in [3.8, 4) is 0 Å². The number of nitrogens with two attached hydrogens (primary N) is 1. The van der Waals surface area contributed by atoms with Crippen molar-refractivity contribution in [1.82, 2.24) is 10.2 Å². The summed E-state index contributed by atoms with van der Waals surface area (Å²) in [5.41, 5.74) is 6.83. The number of carbonyl (C=O) groups excluding carboxylic acids is 2. The average Bonchev–Trinajstić information content (AvgIpc) is 2.59. The summed E-state index contributed by atoms with van der Waals surface area (Å²) in [7, 11) is 3.43. The Balaban J connectivity index is 1.95. The van der Waals surface area contributed by atoms with Crippen molar-refractivity contribution in [2.45, 2.75) is 25.3 Å². The zero-order valence-electron chi connectivity index (χ0n) is 14.3. The monoisotopic (exact) mass is 327 g/mol. The van der Waals surface area contributed by atoms with Crippen LogP contribution in [0.4, 0.5) is 0 Å². The van der Waals surface area contributed by atoms with Crippen LogP contribution in [0, 0.1) is 0 Å². The van der Waals surface area contributed by atoms with Crippen molar-refractivity contribution >= 4 is 22.6 Å². The summed E-state index contributed by atoms with van der Waals surface area (Å²) < 4.78 is 0. The second-order valence-electron chi connectivity index (χ2n) is 6.10. The Hall–Kier alpha value is -2.40. The van der Waals surface area contributed by atoms with Crippen LogP contribution in [0.5, 0.6) is 0 Å². The van der Waals surface area contributed by atoms with Crippen molar-refractivity contribution in [3.05, 3.63) is 48.0 Å². The quantitative estimate of drug-likeness (QED) is 0.819. The molecule has 0 aromatic heterocycles. The first-order chi connectivity index (χ1) is 11.5. The maximum Gasteiger partial charge on any atom is 0.222 e. The van der Waals surface area contributed by atoms with E-state index in [1.807, 2.05) is 30.3 Å². The molecule has 24 heavy (non-hydrogen) atoms. The van der Waals surface area contributed by atoms with Gasteiger partial charge in [-0.2, -0.15) is 0 Å². The summed E-state index contributed by atoms with van der Waals surface area (Å²) in [5.74, 6) is -0.0436. The van der Waals surface area contributed by atoms with Gasteiger partial charge < -0.3 is 16.0 Å². The highest BCUT2D eigenvalue weighted by Gasteiger charge is 2.14. The minimum atomic E-state index is -0.216. The van der Waals surface area contributed by atoms with Crippen LogP contribution in [0.1, 0.15) is 30.9 Å². The second-order valence-corrected chi connectivity index (χ2v) is 6.10. The van der Waals surface area contributed by atoms with Gasteiger partial charge >= 0.3 is 0 Å². The number of carbonyl (C=O) groups is 2. The van der Waals surface area contributed by atoms with Crippen LogP contribution in [0.25, 0.3) is 10.8 Å². The molecule has 0 heterocycles. The Morgan fingerprint density at radius 1 is 1.08 bits per heavy atom. The lowest BCUT2D eigenvalue weighted by Gasteiger charge is -2.18. The van der Waals surface area contributed by atoms with Gasteiger partial charge in [-0.05, 0) is 28.8 Å². The molecule has 5 heteroatoms. The largest absolute Gasteiger partial charge is 0.349 e. The molecule has 0 aliphatic carbocycles. The van der Waals surface area contributed by atoms with E-state index < -0.39 is 0 Å². The van der Waals surface area contributed by atoms with E-state index in [1.54, 1.807) is 14.1 Å². The highest BCUT2D eigenvalue weighted by molar-refractivity contribution is 5.83. The molecule has 5 nitrogen and oxygen atoms in total. The third kappa shape index (κ3) is 4.80. The van der Waals surface area contributed by atoms with Crippen LogP contribution in [0.3, 0.4) is 0 Å². The van der Waals surface area contributed by atoms with E-state index in [0.29, 0.717) is 25.8 Å². The fraction of sp³-hybridized carbons (Fsp3) is 0.368. The zero-order valence-corrected chi connectivity index (χ0v) is 14.3. The number of fused-ring (bicyclic) bond motifs is 1. The first-order valence-corrected chi connectivity index (χ1v) is 8.19. The summed E-state index contributed by atoms with van der Waals surface area (Å²) in [5, 5.41) is 5.24. The molecular weight excluding hydrogens is 302 g/mol. The summed E-state index contributed by atoms with van der Waals surface area (Å²) in [6.07, 6.45) is 1.24. The van der Waals surface area contributed by atoms with Gasteiger partial charge in [-0.25, -0.2) is 0 Å². The van der Waals surface area contributed by atoms with Crippen molar-refractivity contribution in [2.24, 2.45) is 5.73 Å². The standard InChI is InChI=1S/C19H25N3O2/c1-22(2)19(24)9-5-8-18(23)21-17(13-20)16-11-10-14-6-3-4-7-15(14)12-16/h3-4,6-7,10-12,17H,5,8-9,13,20H2,1-2H3,(H,21,23). The van der Waals surface area contributed by atoms with E-state index in [4.69, 9.17) is 5.73 Å². The van der Waals surface area contributed by atoms with Crippen LogP contribution in [-0.2, 0) is 9.59 Å². The third-order valence-electron chi connectivity index (χ3n) is 4.04. The van der Waals surface area contributed by atoms with Gasteiger partial charge in [0.2, 0.25) is 11.8 Å². The van der Waals surface area contributed by atoms with Gasteiger partial charge in [0.05, 0.1) is 6.04 Å².